The smallest absolute Gasteiger partial charge is 0.260 e. The van der Waals surface area contributed by atoms with Gasteiger partial charge in [0.15, 0.2) is 6.61 Å². The van der Waals surface area contributed by atoms with E-state index in [4.69, 9.17) is 22.2 Å². The third-order valence-corrected chi connectivity index (χ3v) is 3.51. The Labute approximate surface area is 146 Å². The zero-order chi connectivity index (χ0) is 17.2. The standard InChI is InChI=1S/C18H20ClN3O2/c19-16-8-6-14(7-9-16)10-11-21-18(23)13-24-22-17(20)12-15-4-2-1-3-5-15/h1-9H,10-13H2,(H2,20,22)(H,21,23). The van der Waals surface area contributed by atoms with Gasteiger partial charge >= 0.3 is 0 Å². The number of halogens is 1. The SMILES string of the molecule is N/C(Cc1ccccc1)=N\OCC(=O)NCCc1ccc(Cl)cc1. The Morgan fingerprint density at radius 1 is 1.08 bits per heavy atom. The van der Waals surface area contributed by atoms with Crippen molar-refractivity contribution in [1.82, 2.24) is 5.32 Å². The Morgan fingerprint density at radius 3 is 2.50 bits per heavy atom. The van der Waals surface area contributed by atoms with Crippen LogP contribution in [-0.4, -0.2) is 24.9 Å². The minimum absolute atomic E-state index is 0.157. The second kappa shape index (κ2) is 9.57. The van der Waals surface area contributed by atoms with E-state index in [0.717, 1.165) is 17.5 Å². The number of nitrogens with two attached hydrogens (primary N) is 1. The quantitative estimate of drug-likeness (QED) is 0.438. The van der Waals surface area contributed by atoms with Crippen LogP contribution in [0.4, 0.5) is 0 Å². The van der Waals surface area contributed by atoms with E-state index in [2.05, 4.69) is 10.5 Å². The fraction of sp³-hybridized carbons (Fsp3) is 0.222. The lowest BCUT2D eigenvalue weighted by Crippen LogP contribution is -2.29. The number of rotatable bonds is 8. The average Bonchev–Trinajstić information content (AvgIpc) is 2.57. The van der Waals surface area contributed by atoms with E-state index in [1.54, 1.807) is 0 Å². The normalized spacial score (nSPS) is 11.1. The van der Waals surface area contributed by atoms with Gasteiger partial charge in [0, 0.05) is 18.0 Å². The Kier molecular flexibility index (Phi) is 7.11. The molecule has 2 aromatic carbocycles. The molecule has 6 heteroatoms. The van der Waals surface area contributed by atoms with Gasteiger partial charge in [-0.05, 0) is 29.7 Å². The molecule has 126 valence electrons. The summed E-state index contributed by atoms with van der Waals surface area (Å²) in [4.78, 5) is 16.6. The van der Waals surface area contributed by atoms with Crippen LogP contribution >= 0.6 is 11.6 Å². The molecule has 0 spiro atoms. The van der Waals surface area contributed by atoms with E-state index < -0.39 is 0 Å². The summed E-state index contributed by atoms with van der Waals surface area (Å²) in [7, 11) is 0. The fourth-order valence-electron chi connectivity index (χ4n) is 2.06. The maximum atomic E-state index is 11.7. The number of nitrogens with one attached hydrogen (secondary N) is 1. The molecule has 0 aliphatic rings. The van der Waals surface area contributed by atoms with Crippen LogP contribution in [0.3, 0.4) is 0 Å². The summed E-state index contributed by atoms with van der Waals surface area (Å²) in [5.74, 6) is 0.0930. The summed E-state index contributed by atoms with van der Waals surface area (Å²) in [5, 5.41) is 7.21. The van der Waals surface area contributed by atoms with Crippen molar-refractivity contribution >= 4 is 23.3 Å². The van der Waals surface area contributed by atoms with E-state index in [1.807, 2.05) is 54.6 Å². The number of hydrogen-bond acceptors (Lipinski definition) is 3. The van der Waals surface area contributed by atoms with Crippen molar-refractivity contribution in [2.75, 3.05) is 13.2 Å². The molecule has 0 aliphatic carbocycles. The lowest BCUT2D eigenvalue weighted by molar-refractivity contribution is -0.125. The second-order valence-electron chi connectivity index (χ2n) is 5.24. The third kappa shape index (κ3) is 6.71. The number of benzene rings is 2. The van der Waals surface area contributed by atoms with Gasteiger partial charge in [0.25, 0.3) is 5.91 Å². The Hall–Kier alpha value is -2.53. The molecule has 0 bridgehead atoms. The van der Waals surface area contributed by atoms with Crippen molar-refractivity contribution in [3.8, 4) is 0 Å². The van der Waals surface area contributed by atoms with Gasteiger partial charge in [-0.2, -0.15) is 0 Å². The highest BCUT2D eigenvalue weighted by molar-refractivity contribution is 6.30. The lowest BCUT2D eigenvalue weighted by Gasteiger charge is -2.05. The molecule has 5 nitrogen and oxygen atoms in total. The highest BCUT2D eigenvalue weighted by Crippen LogP contribution is 2.09. The molecule has 0 aromatic heterocycles. The van der Waals surface area contributed by atoms with Crippen LogP contribution < -0.4 is 11.1 Å². The summed E-state index contributed by atoms with van der Waals surface area (Å²) < 4.78 is 0. The van der Waals surface area contributed by atoms with Gasteiger partial charge in [0.2, 0.25) is 0 Å². The van der Waals surface area contributed by atoms with Gasteiger partial charge in [0.05, 0.1) is 0 Å². The first-order valence-corrected chi connectivity index (χ1v) is 8.00. The van der Waals surface area contributed by atoms with Crippen LogP contribution in [0.2, 0.25) is 5.02 Å². The molecule has 0 heterocycles. The van der Waals surface area contributed by atoms with E-state index in [-0.39, 0.29) is 12.5 Å². The Balaban J connectivity index is 1.63. The molecule has 0 radical (unpaired) electrons. The van der Waals surface area contributed by atoms with Crippen LogP contribution in [0.25, 0.3) is 0 Å². The molecule has 0 aliphatic heterocycles. The molecule has 0 fully saturated rings. The van der Waals surface area contributed by atoms with Crippen molar-refractivity contribution in [3.63, 3.8) is 0 Å². The number of oxime groups is 1. The largest absolute Gasteiger partial charge is 0.384 e. The van der Waals surface area contributed by atoms with Gasteiger partial charge in [-0.25, -0.2) is 0 Å². The summed E-state index contributed by atoms with van der Waals surface area (Å²) in [6.45, 7) is 0.364. The van der Waals surface area contributed by atoms with E-state index in [9.17, 15) is 4.79 Å². The van der Waals surface area contributed by atoms with Crippen molar-refractivity contribution in [2.45, 2.75) is 12.8 Å². The van der Waals surface area contributed by atoms with Crippen LogP contribution in [0.15, 0.2) is 59.8 Å². The number of amides is 1. The third-order valence-electron chi connectivity index (χ3n) is 3.25. The van der Waals surface area contributed by atoms with Crippen LogP contribution in [0, 0.1) is 0 Å². The van der Waals surface area contributed by atoms with Crippen molar-refractivity contribution in [3.05, 3.63) is 70.7 Å². The Morgan fingerprint density at radius 2 is 1.79 bits per heavy atom. The number of nitrogens with zero attached hydrogens (tertiary/aromatic N) is 1. The first-order valence-electron chi connectivity index (χ1n) is 7.63. The molecular formula is C18H20ClN3O2. The predicted molar refractivity (Wildman–Crippen MR) is 95.9 cm³/mol. The fourth-order valence-corrected chi connectivity index (χ4v) is 2.19. The monoisotopic (exact) mass is 345 g/mol. The molecule has 2 aromatic rings. The molecular weight excluding hydrogens is 326 g/mol. The summed E-state index contributed by atoms with van der Waals surface area (Å²) in [6, 6.07) is 17.2. The first-order chi connectivity index (χ1) is 11.6. The molecule has 0 saturated heterocycles. The molecule has 3 N–H and O–H groups in total. The number of hydrogen-bond donors (Lipinski definition) is 2. The van der Waals surface area contributed by atoms with Gasteiger partial charge in [0.1, 0.15) is 5.84 Å². The molecule has 0 atom stereocenters. The van der Waals surface area contributed by atoms with Gasteiger partial charge < -0.3 is 15.9 Å². The average molecular weight is 346 g/mol. The van der Waals surface area contributed by atoms with Crippen molar-refractivity contribution in [2.24, 2.45) is 10.9 Å². The van der Waals surface area contributed by atoms with Gasteiger partial charge in [-0.1, -0.05) is 59.2 Å². The highest BCUT2D eigenvalue weighted by atomic mass is 35.5. The molecule has 0 saturated carbocycles. The van der Waals surface area contributed by atoms with E-state index in [1.165, 1.54) is 0 Å². The molecule has 1 amide bonds. The maximum Gasteiger partial charge on any atom is 0.260 e. The lowest BCUT2D eigenvalue weighted by atomic mass is 10.1. The highest BCUT2D eigenvalue weighted by Gasteiger charge is 2.02. The van der Waals surface area contributed by atoms with E-state index >= 15 is 0 Å². The van der Waals surface area contributed by atoms with Gasteiger partial charge in [-0.3, -0.25) is 4.79 Å². The first kappa shape index (κ1) is 17.8. The molecule has 0 unspecified atom stereocenters. The molecule has 24 heavy (non-hydrogen) atoms. The van der Waals surface area contributed by atoms with Crippen molar-refractivity contribution in [1.29, 1.82) is 0 Å². The minimum atomic E-state index is -0.236. The van der Waals surface area contributed by atoms with Crippen molar-refractivity contribution < 1.29 is 9.63 Å². The zero-order valence-electron chi connectivity index (χ0n) is 13.2. The minimum Gasteiger partial charge on any atom is -0.384 e. The molecule has 2 rings (SSSR count). The van der Waals surface area contributed by atoms with Crippen LogP contribution in [0.1, 0.15) is 11.1 Å². The van der Waals surface area contributed by atoms with E-state index in [0.29, 0.717) is 23.8 Å². The Bertz CT molecular complexity index is 672. The maximum absolute atomic E-state index is 11.7. The number of carbonyl (C=O) groups excluding carboxylic acids is 1. The summed E-state index contributed by atoms with van der Waals surface area (Å²) >= 11 is 5.82. The van der Waals surface area contributed by atoms with Crippen LogP contribution in [-0.2, 0) is 22.5 Å². The zero-order valence-corrected chi connectivity index (χ0v) is 14.0. The topological polar surface area (TPSA) is 76.7 Å². The number of carbonyl (C=O) groups is 1. The number of amidine groups is 1. The second-order valence-corrected chi connectivity index (χ2v) is 5.68. The predicted octanol–water partition coefficient (Wildman–Crippen LogP) is 2.53. The van der Waals surface area contributed by atoms with Crippen LogP contribution in [0.5, 0.6) is 0 Å². The summed E-state index contributed by atoms with van der Waals surface area (Å²) in [5.41, 5.74) is 7.90. The summed E-state index contributed by atoms with van der Waals surface area (Å²) in [6.07, 6.45) is 1.21. The van der Waals surface area contributed by atoms with Gasteiger partial charge in [-0.15, -0.1) is 0 Å².